The van der Waals surface area contributed by atoms with Crippen LogP contribution in [0.25, 0.3) is 10.9 Å². The van der Waals surface area contributed by atoms with E-state index in [0.29, 0.717) is 34.6 Å². The number of nitrogens with two attached hydrogens (primary N) is 1. The third-order valence-electron chi connectivity index (χ3n) is 3.79. The molecule has 0 fully saturated rings. The van der Waals surface area contributed by atoms with Crippen molar-refractivity contribution in [3.63, 3.8) is 0 Å². The van der Waals surface area contributed by atoms with Crippen LogP contribution >= 0.6 is 0 Å². The Balaban J connectivity index is 1.89. The molecule has 128 valence electrons. The number of carbonyl (C=O) groups excluding carboxylic acids is 1. The summed E-state index contributed by atoms with van der Waals surface area (Å²) in [6.45, 7) is 0. The minimum atomic E-state index is -0.128. The molecule has 0 aliphatic heterocycles. The highest BCUT2D eigenvalue weighted by molar-refractivity contribution is 6.07. The zero-order chi connectivity index (χ0) is 17.8. The second-order valence-electron chi connectivity index (χ2n) is 5.38. The summed E-state index contributed by atoms with van der Waals surface area (Å²) in [4.78, 5) is 25.3. The van der Waals surface area contributed by atoms with E-state index in [4.69, 9.17) is 15.2 Å². The number of aryl methyl sites for hydroxylation is 1. The molecule has 0 radical (unpaired) electrons. The number of fused-ring (bicyclic) bond motifs is 1. The van der Waals surface area contributed by atoms with Crippen molar-refractivity contribution in [2.45, 2.75) is 12.8 Å². The molecule has 1 aromatic carbocycles. The molecule has 2 aromatic heterocycles. The number of Topliss-reactive ketones (excluding diaryl/α,β-unsaturated/α-hetero) is 1. The predicted octanol–water partition coefficient (Wildman–Crippen LogP) is 2.44. The van der Waals surface area contributed by atoms with Gasteiger partial charge in [0.25, 0.3) is 0 Å². The van der Waals surface area contributed by atoms with Gasteiger partial charge in [0.1, 0.15) is 17.0 Å². The quantitative estimate of drug-likeness (QED) is 0.689. The molecule has 0 atom stereocenters. The average molecular weight is 338 g/mol. The highest BCUT2D eigenvalue weighted by Gasteiger charge is 2.16. The SMILES string of the molecule is COc1cccc(CCC(=O)c2nc(N)nc3c(OC)cccc23)n1. The van der Waals surface area contributed by atoms with E-state index in [1.807, 2.05) is 12.1 Å². The summed E-state index contributed by atoms with van der Waals surface area (Å²) in [5.41, 5.74) is 7.37. The Morgan fingerprint density at radius 1 is 1.04 bits per heavy atom. The standard InChI is InChI=1S/C18H18N4O3/c1-24-14-7-4-6-12-16(21-18(19)22-17(12)14)13(23)10-9-11-5-3-8-15(20-11)25-2/h3-8H,9-10H2,1-2H3,(H2,19,21,22). The van der Waals surface area contributed by atoms with Crippen LogP contribution in [-0.4, -0.2) is 35.0 Å². The molecular formula is C18H18N4O3. The van der Waals surface area contributed by atoms with E-state index in [9.17, 15) is 4.79 Å². The van der Waals surface area contributed by atoms with E-state index in [-0.39, 0.29) is 18.2 Å². The monoisotopic (exact) mass is 338 g/mol. The first-order chi connectivity index (χ1) is 12.1. The minimum Gasteiger partial charge on any atom is -0.494 e. The number of benzene rings is 1. The van der Waals surface area contributed by atoms with Gasteiger partial charge in [0.15, 0.2) is 5.78 Å². The fourth-order valence-corrected chi connectivity index (χ4v) is 2.59. The lowest BCUT2D eigenvalue weighted by Crippen LogP contribution is -2.09. The molecule has 0 unspecified atom stereocenters. The highest BCUT2D eigenvalue weighted by Crippen LogP contribution is 2.26. The number of rotatable bonds is 6. The Morgan fingerprint density at radius 2 is 1.84 bits per heavy atom. The third kappa shape index (κ3) is 3.50. The molecular weight excluding hydrogens is 320 g/mol. The number of anilines is 1. The van der Waals surface area contributed by atoms with Gasteiger partial charge in [0, 0.05) is 23.6 Å². The maximum atomic E-state index is 12.7. The zero-order valence-corrected chi connectivity index (χ0v) is 14.0. The van der Waals surface area contributed by atoms with E-state index < -0.39 is 0 Å². The lowest BCUT2D eigenvalue weighted by Gasteiger charge is -2.09. The number of pyridine rings is 1. The van der Waals surface area contributed by atoms with Crippen LogP contribution in [-0.2, 0) is 6.42 Å². The smallest absolute Gasteiger partial charge is 0.221 e. The van der Waals surface area contributed by atoms with E-state index in [1.54, 1.807) is 38.5 Å². The first-order valence-electron chi connectivity index (χ1n) is 7.75. The van der Waals surface area contributed by atoms with Crippen molar-refractivity contribution in [3.8, 4) is 11.6 Å². The van der Waals surface area contributed by atoms with Crippen LogP contribution in [0, 0.1) is 0 Å². The number of hydrogen-bond acceptors (Lipinski definition) is 7. The second kappa shape index (κ2) is 7.12. The van der Waals surface area contributed by atoms with Crippen molar-refractivity contribution < 1.29 is 14.3 Å². The van der Waals surface area contributed by atoms with Gasteiger partial charge in [0.2, 0.25) is 11.8 Å². The van der Waals surface area contributed by atoms with Crippen LogP contribution in [0.15, 0.2) is 36.4 Å². The molecule has 7 nitrogen and oxygen atoms in total. The van der Waals surface area contributed by atoms with Crippen LogP contribution in [0.5, 0.6) is 11.6 Å². The Morgan fingerprint density at radius 3 is 2.60 bits per heavy atom. The van der Waals surface area contributed by atoms with Gasteiger partial charge in [-0.1, -0.05) is 18.2 Å². The summed E-state index contributed by atoms with van der Waals surface area (Å²) in [6.07, 6.45) is 0.730. The van der Waals surface area contributed by atoms with E-state index in [2.05, 4.69) is 15.0 Å². The summed E-state index contributed by atoms with van der Waals surface area (Å²) in [5, 5.41) is 0.622. The first kappa shape index (κ1) is 16.6. The number of ether oxygens (including phenoxy) is 2. The second-order valence-corrected chi connectivity index (χ2v) is 5.38. The van der Waals surface area contributed by atoms with Gasteiger partial charge < -0.3 is 15.2 Å². The molecule has 7 heteroatoms. The number of nitrogen functional groups attached to an aromatic ring is 1. The summed E-state index contributed by atoms with van der Waals surface area (Å²) >= 11 is 0. The maximum absolute atomic E-state index is 12.7. The van der Waals surface area contributed by atoms with Crippen LogP contribution in [0.4, 0.5) is 5.95 Å². The number of methoxy groups -OCH3 is 2. The van der Waals surface area contributed by atoms with Gasteiger partial charge in [-0.25, -0.2) is 15.0 Å². The first-order valence-corrected chi connectivity index (χ1v) is 7.75. The summed E-state index contributed by atoms with van der Waals surface area (Å²) in [5.74, 6) is 0.985. The fraction of sp³-hybridized carbons (Fsp3) is 0.222. The maximum Gasteiger partial charge on any atom is 0.221 e. The lowest BCUT2D eigenvalue weighted by molar-refractivity contribution is 0.0979. The summed E-state index contributed by atoms with van der Waals surface area (Å²) in [6, 6.07) is 10.8. The Hall–Kier alpha value is -3.22. The number of nitrogens with zero attached hydrogens (tertiary/aromatic N) is 3. The molecule has 0 aliphatic rings. The third-order valence-corrected chi connectivity index (χ3v) is 3.79. The molecule has 2 N–H and O–H groups in total. The Bertz CT molecular complexity index is 927. The molecule has 0 aliphatic carbocycles. The van der Waals surface area contributed by atoms with E-state index >= 15 is 0 Å². The van der Waals surface area contributed by atoms with Crippen LogP contribution in [0.1, 0.15) is 22.6 Å². The van der Waals surface area contributed by atoms with Crippen molar-refractivity contribution in [3.05, 3.63) is 47.8 Å². The number of ketones is 1. The molecule has 3 rings (SSSR count). The molecule has 0 bridgehead atoms. The number of aromatic nitrogens is 3. The molecule has 0 saturated heterocycles. The van der Waals surface area contributed by atoms with Crippen LogP contribution in [0.3, 0.4) is 0 Å². The lowest BCUT2D eigenvalue weighted by atomic mass is 10.1. The Labute approximate surface area is 144 Å². The molecule has 0 amide bonds. The Kier molecular flexibility index (Phi) is 4.74. The van der Waals surface area contributed by atoms with E-state index in [1.165, 1.54) is 0 Å². The summed E-state index contributed by atoms with van der Waals surface area (Å²) < 4.78 is 10.4. The van der Waals surface area contributed by atoms with Gasteiger partial charge in [-0.2, -0.15) is 0 Å². The molecule has 2 heterocycles. The average Bonchev–Trinajstić information content (AvgIpc) is 2.65. The molecule has 25 heavy (non-hydrogen) atoms. The zero-order valence-electron chi connectivity index (χ0n) is 14.0. The van der Waals surface area contributed by atoms with Crippen molar-refractivity contribution in [1.29, 1.82) is 0 Å². The van der Waals surface area contributed by atoms with Crippen molar-refractivity contribution in [1.82, 2.24) is 15.0 Å². The van der Waals surface area contributed by atoms with Crippen LogP contribution in [0.2, 0.25) is 0 Å². The van der Waals surface area contributed by atoms with Gasteiger partial charge in [0.05, 0.1) is 14.2 Å². The van der Waals surface area contributed by atoms with Crippen molar-refractivity contribution in [2.75, 3.05) is 20.0 Å². The van der Waals surface area contributed by atoms with E-state index in [0.717, 1.165) is 5.69 Å². The molecule has 0 saturated carbocycles. The fourth-order valence-electron chi connectivity index (χ4n) is 2.59. The summed E-state index contributed by atoms with van der Waals surface area (Å²) in [7, 11) is 3.10. The predicted molar refractivity (Wildman–Crippen MR) is 93.9 cm³/mol. The van der Waals surface area contributed by atoms with Gasteiger partial charge in [-0.3, -0.25) is 4.79 Å². The normalized spacial score (nSPS) is 10.6. The van der Waals surface area contributed by atoms with Gasteiger partial charge >= 0.3 is 0 Å². The number of para-hydroxylation sites is 1. The number of carbonyl (C=O) groups is 1. The largest absolute Gasteiger partial charge is 0.494 e. The minimum absolute atomic E-state index is 0.0415. The molecule has 0 spiro atoms. The molecule has 3 aromatic rings. The van der Waals surface area contributed by atoms with Crippen LogP contribution < -0.4 is 15.2 Å². The van der Waals surface area contributed by atoms with Gasteiger partial charge in [-0.05, 0) is 18.6 Å². The van der Waals surface area contributed by atoms with Crippen molar-refractivity contribution >= 4 is 22.6 Å². The van der Waals surface area contributed by atoms with Crippen molar-refractivity contribution in [2.24, 2.45) is 0 Å². The number of hydrogen-bond donors (Lipinski definition) is 1. The highest BCUT2D eigenvalue weighted by atomic mass is 16.5. The topological polar surface area (TPSA) is 100 Å². The van der Waals surface area contributed by atoms with Gasteiger partial charge in [-0.15, -0.1) is 0 Å².